The maximum atomic E-state index is 13.0. The summed E-state index contributed by atoms with van der Waals surface area (Å²) < 4.78 is 13.0. The Bertz CT molecular complexity index is 403. The van der Waals surface area contributed by atoms with Gasteiger partial charge in [0.1, 0.15) is 18.0 Å². The number of rotatable bonds is 4. The van der Waals surface area contributed by atoms with Gasteiger partial charge in [-0.1, -0.05) is 6.07 Å². The van der Waals surface area contributed by atoms with E-state index in [-0.39, 0.29) is 12.1 Å². The van der Waals surface area contributed by atoms with Crippen molar-refractivity contribution < 1.29 is 14.6 Å². The Kier molecular flexibility index (Phi) is 4.38. The number of aliphatic hydroxyl groups excluding tert-OH is 2. The van der Waals surface area contributed by atoms with Crippen molar-refractivity contribution in [1.82, 2.24) is 5.32 Å². The summed E-state index contributed by atoms with van der Waals surface area (Å²) in [5.74, 6) is -0.637. The molecule has 4 nitrogen and oxygen atoms in total. The minimum atomic E-state index is -1.14. The van der Waals surface area contributed by atoms with E-state index in [0.717, 1.165) is 6.07 Å². The number of benzene rings is 1. The van der Waals surface area contributed by atoms with Crippen molar-refractivity contribution in [1.29, 1.82) is 5.26 Å². The SMILES string of the molecule is CNCC(O)C(O)c1ccc(F)c(C#N)c1. The van der Waals surface area contributed by atoms with E-state index < -0.39 is 18.0 Å². The van der Waals surface area contributed by atoms with Crippen molar-refractivity contribution in [3.63, 3.8) is 0 Å². The topological polar surface area (TPSA) is 76.3 Å². The molecular formula is C11H13FN2O2. The monoisotopic (exact) mass is 224 g/mol. The number of nitrogens with one attached hydrogen (secondary N) is 1. The summed E-state index contributed by atoms with van der Waals surface area (Å²) in [4.78, 5) is 0. The van der Waals surface area contributed by atoms with Crippen molar-refractivity contribution in [3.05, 3.63) is 35.1 Å². The van der Waals surface area contributed by atoms with E-state index in [4.69, 9.17) is 5.26 Å². The second-order valence-corrected chi connectivity index (χ2v) is 3.42. The van der Waals surface area contributed by atoms with Crippen molar-refractivity contribution in [2.24, 2.45) is 0 Å². The molecule has 5 heteroatoms. The molecule has 2 unspecified atom stereocenters. The molecule has 0 heterocycles. The lowest BCUT2D eigenvalue weighted by Gasteiger charge is -2.17. The van der Waals surface area contributed by atoms with Crippen molar-refractivity contribution >= 4 is 0 Å². The predicted octanol–water partition coefficient (Wildman–Crippen LogP) is 0.311. The number of hydrogen-bond acceptors (Lipinski definition) is 4. The molecule has 0 aliphatic heterocycles. The summed E-state index contributed by atoms with van der Waals surface area (Å²) in [5.41, 5.74) is 0.175. The Hall–Kier alpha value is -1.48. The lowest BCUT2D eigenvalue weighted by atomic mass is 10.0. The first kappa shape index (κ1) is 12.6. The van der Waals surface area contributed by atoms with Crippen LogP contribution in [0.25, 0.3) is 0 Å². The van der Waals surface area contributed by atoms with E-state index >= 15 is 0 Å². The van der Waals surface area contributed by atoms with Crippen LogP contribution in [0.2, 0.25) is 0 Å². The minimum absolute atomic E-state index is 0.145. The average Bonchev–Trinajstić information content (AvgIpc) is 2.29. The molecule has 0 fully saturated rings. The van der Waals surface area contributed by atoms with Crippen LogP contribution in [0.15, 0.2) is 18.2 Å². The fourth-order valence-corrected chi connectivity index (χ4v) is 1.36. The van der Waals surface area contributed by atoms with Crippen LogP contribution in [0.1, 0.15) is 17.2 Å². The van der Waals surface area contributed by atoms with Crippen LogP contribution in [-0.4, -0.2) is 29.9 Å². The molecule has 0 radical (unpaired) electrons. The molecule has 1 aromatic rings. The molecule has 2 atom stereocenters. The second kappa shape index (κ2) is 5.56. The summed E-state index contributed by atoms with van der Waals surface area (Å²) >= 11 is 0. The van der Waals surface area contributed by atoms with Gasteiger partial charge in [-0.05, 0) is 24.7 Å². The van der Waals surface area contributed by atoms with E-state index in [2.05, 4.69) is 5.32 Å². The van der Waals surface area contributed by atoms with Crippen molar-refractivity contribution in [2.45, 2.75) is 12.2 Å². The smallest absolute Gasteiger partial charge is 0.140 e. The highest BCUT2D eigenvalue weighted by atomic mass is 19.1. The van der Waals surface area contributed by atoms with Gasteiger partial charge in [0.05, 0.1) is 11.7 Å². The first-order valence-electron chi connectivity index (χ1n) is 4.80. The molecule has 1 rings (SSSR count). The van der Waals surface area contributed by atoms with Gasteiger partial charge in [-0.3, -0.25) is 0 Å². The van der Waals surface area contributed by atoms with Crippen LogP contribution >= 0.6 is 0 Å². The predicted molar refractivity (Wildman–Crippen MR) is 56.0 cm³/mol. The molecule has 0 amide bonds. The summed E-state index contributed by atoms with van der Waals surface area (Å²) in [6.45, 7) is 0.209. The van der Waals surface area contributed by atoms with E-state index in [1.807, 2.05) is 0 Å². The highest BCUT2D eigenvalue weighted by Gasteiger charge is 2.18. The highest BCUT2D eigenvalue weighted by Crippen LogP contribution is 2.19. The zero-order valence-corrected chi connectivity index (χ0v) is 8.81. The average molecular weight is 224 g/mol. The Morgan fingerprint density at radius 1 is 1.50 bits per heavy atom. The lowest BCUT2D eigenvalue weighted by molar-refractivity contribution is 0.0202. The van der Waals surface area contributed by atoms with Gasteiger partial charge in [-0.15, -0.1) is 0 Å². The fraction of sp³-hybridized carbons (Fsp3) is 0.364. The summed E-state index contributed by atoms with van der Waals surface area (Å²) in [6, 6.07) is 5.36. The number of aliphatic hydroxyl groups is 2. The number of likely N-dealkylation sites (N-methyl/N-ethyl adjacent to an activating group) is 1. The fourth-order valence-electron chi connectivity index (χ4n) is 1.36. The van der Waals surface area contributed by atoms with Gasteiger partial charge < -0.3 is 15.5 Å². The molecule has 0 aromatic heterocycles. The number of hydrogen-bond donors (Lipinski definition) is 3. The molecule has 0 aliphatic carbocycles. The third-order valence-electron chi connectivity index (χ3n) is 2.23. The van der Waals surface area contributed by atoms with E-state index in [1.165, 1.54) is 12.1 Å². The second-order valence-electron chi connectivity index (χ2n) is 3.42. The molecule has 0 saturated heterocycles. The molecule has 1 aromatic carbocycles. The van der Waals surface area contributed by atoms with Crippen LogP contribution in [0.4, 0.5) is 4.39 Å². The first-order chi connectivity index (χ1) is 7.60. The van der Waals surface area contributed by atoms with Crippen molar-refractivity contribution in [3.8, 4) is 6.07 Å². The van der Waals surface area contributed by atoms with Crippen LogP contribution in [0.5, 0.6) is 0 Å². The van der Waals surface area contributed by atoms with Gasteiger partial charge >= 0.3 is 0 Å². The molecule has 86 valence electrons. The number of halogens is 1. The third-order valence-corrected chi connectivity index (χ3v) is 2.23. The maximum Gasteiger partial charge on any atom is 0.140 e. The zero-order chi connectivity index (χ0) is 12.1. The van der Waals surface area contributed by atoms with Gasteiger partial charge in [0.25, 0.3) is 0 Å². The Morgan fingerprint density at radius 2 is 2.19 bits per heavy atom. The van der Waals surface area contributed by atoms with Gasteiger partial charge in [0, 0.05) is 6.54 Å². The molecule has 0 bridgehead atoms. The first-order valence-corrected chi connectivity index (χ1v) is 4.80. The van der Waals surface area contributed by atoms with Gasteiger partial charge in [0.15, 0.2) is 0 Å². The lowest BCUT2D eigenvalue weighted by Crippen LogP contribution is -2.29. The van der Waals surface area contributed by atoms with Gasteiger partial charge in [-0.25, -0.2) is 4.39 Å². The maximum absolute atomic E-state index is 13.0. The Morgan fingerprint density at radius 3 is 2.75 bits per heavy atom. The third kappa shape index (κ3) is 2.76. The molecule has 3 N–H and O–H groups in total. The zero-order valence-electron chi connectivity index (χ0n) is 8.81. The minimum Gasteiger partial charge on any atom is -0.389 e. The van der Waals surface area contributed by atoms with Gasteiger partial charge in [0.2, 0.25) is 0 Å². The van der Waals surface area contributed by atoms with Crippen molar-refractivity contribution in [2.75, 3.05) is 13.6 Å². The Labute approximate surface area is 93.0 Å². The Balaban J connectivity index is 2.92. The summed E-state index contributed by atoms with van der Waals surface area (Å²) in [5, 5.41) is 30.6. The van der Waals surface area contributed by atoms with E-state index in [1.54, 1.807) is 13.1 Å². The van der Waals surface area contributed by atoms with Crippen LogP contribution in [-0.2, 0) is 0 Å². The van der Waals surface area contributed by atoms with Crippen LogP contribution in [0, 0.1) is 17.1 Å². The molecule has 0 spiro atoms. The highest BCUT2D eigenvalue weighted by molar-refractivity contribution is 5.35. The molecular weight excluding hydrogens is 211 g/mol. The van der Waals surface area contributed by atoms with Gasteiger partial charge in [-0.2, -0.15) is 5.26 Å². The summed E-state index contributed by atoms with van der Waals surface area (Å²) in [6.07, 6.45) is -2.14. The van der Waals surface area contributed by atoms with E-state index in [0.29, 0.717) is 5.56 Å². The number of nitrogens with zero attached hydrogens (tertiary/aromatic N) is 1. The largest absolute Gasteiger partial charge is 0.389 e. The van der Waals surface area contributed by atoms with Crippen LogP contribution in [0.3, 0.4) is 0 Å². The molecule has 0 saturated carbocycles. The quantitative estimate of drug-likeness (QED) is 0.688. The van der Waals surface area contributed by atoms with E-state index in [9.17, 15) is 14.6 Å². The number of nitriles is 1. The summed E-state index contributed by atoms with van der Waals surface area (Å²) in [7, 11) is 1.64. The molecule has 0 aliphatic rings. The molecule has 16 heavy (non-hydrogen) atoms. The standard InChI is InChI=1S/C11H13FN2O2/c1-14-6-10(15)11(16)7-2-3-9(12)8(4-7)5-13/h2-4,10-11,14-16H,6H2,1H3. The normalized spacial score (nSPS) is 14.2. The van der Waals surface area contributed by atoms with Crippen LogP contribution < -0.4 is 5.32 Å².